The van der Waals surface area contributed by atoms with Crippen LogP contribution in [-0.2, 0) is 4.79 Å². The van der Waals surface area contributed by atoms with Gasteiger partial charge in [0.25, 0.3) is 0 Å². The van der Waals surface area contributed by atoms with E-state index in [0.717, 1.165) is 11.3 Å². The highest BCUT2D eigenvalue weighted by Gasteiger charge is 2.38. The first-order valence-corrected chi connectivity index (χ1v) is 11.7. The zero-order chi connectivity index (χ0) is 22.1. The Morgan fingerprint density at radius 3 is 2.74 bits per heavy atom. The highest BCUT2D eigenvalue weighted by molar-refractivity contribution is 9.10. The smallest absolute Gasteiger partial charge is 0.229 e. The molecule has 31 heavy (non-hydrogen) atoms. The molecule has 1 N–H and O–H groups in total. The van der Waals surface area contributed by atoms with Gasteiger partial charge in [0.1, 0.15) is 0 Å². The maximum Gasteiger partial charge on any atom is 0.229 e. The molecule has 4 rings (SSSR count). The van der Waals surface area contributed by atoms with Crippen molar-refractivity contribution in [3.8, 4) is 17.6 Å². The van der Waals surface area contributed by atoms with Crippen LogP contribution in [0.3, 0.4) is 0 Å². The van der Waals surface area contributed by atoms with Crippen molar-refractivity contribution in [3.63, 3.8) is 0 Å². The summed E-state index contributed by atoms with van der Waals surface area (Å²) in [6, 6.07) is 14.0. The lowest BCUT2D eigenvalue weighted by atomic mass is 9.86. The first kappa shape index (κ1) is 21.6. The molecule has 0 aliphatic carbocycles. The molecule has 6 nitrogen and oxygen atoms in total. The van der Waals surface area contributed by atoms with Crippen LogP contribution < -0.4 is 9.64 Å². The number of carbonyl (C=O) groups excluding carboxylic acids is 1. The molecule has 1 atom stereocenters. The van der Waals surface area contributed by atoms with Gasteiger partial charge in [-0.05, 0) is 59.6 Å². The lowest BCUT2D eigenvalue weighted by Gasteiger charge is -2.42. The predicted octanol–water partition coefficient (Wildman–Crippen LogP) is 5.08. The van der Waals surface area contributed by atoms with E-state index in [-0.39, 0.29) is 24.0 Å². The van der Waals surface area contributed by atoms with E-state index in [4.69, 9.17) is 4.74 Å². The summed E-state index contributed by atoms with van der Waals surface area (Å²) < 4.78 is 6.02. The second-order valence-corrected chi connectivity index (χ2v) is 9.27. The number of carbonyl (C=O) groups is 1. The molecule has 0 bridgehead atoms. The molecule has 1 amide bonds. The molecule has 2 aliphatic heterocycles. The third-order valence-corrected chi connectivity index (χ3v) is 7.20. The number of hydrogen-bond donors (Lipinski definition) is 1. The SMILES string of the molecule is CCOc1cc([C@@H]2CC(=O)N3CN(c4ccc(C)cc4)CSC3=C2C#N)cc(Br)c1O. The Balaban J connectivity index is 1.68. The maximum absolute atomic E-state index is 13.1. The number of nitrogens with zero attached hydrogens (tertiary/aromatic N) is 3. The quantitative estimate of drug-likeness (QED) is 0.631. The van der Waals surface area contributed by atoms with E-state index >= 15 is 0 Å². The van der Waals surface area contributed by atoms with Crippen molar-refractivity contribution in [3.05, 3.63) is 62.6 Å². The minimum Gasteiger partial charge on any atom is -0.503 e. The Bertz CT molecular complexity index is 1090. The van der Waals surface area contributed by atoms with Crippen LogP contribution in [0.2, 0.25) is 0 Å². The molecule has 0 spiro atoms. The minimum absolute atomic E-state index is 0.0151. The minimum atomic E-state index is -0.377. The number of allylic oxidation sites excluding steroid dienone is 1. The number of phenols is 1. The van der Waals surface area contributed by atoms with Crippen LogP contribution in [0.15, 0.2) is 51.5 Å². The van der Waals surface area contributed by atoms with Gasteiger partial charge in [-0.2, -0.15) is 5.26 Å². The summed E-state index contributed by atoms with van der Waals surface area (Å²) in [5.41, 5.74) is 3.58. The van der Waals surface area contributed by atoms with Crippen LogP contribution in [0.5, 0.6) is 11.5 Å². The van der Waals surface area contributed by atoms with Crippen molar-refractivity contribution < 1.29 is 14.6 Å². The molecule has 2 aromatic rings. The van der Waals surface area contributed by atoms with Crippen molar-refractivity contribution in [2.24, 2.45) is 0 Å². The fraction of sp³-hybridized carbons (Fsp3) is 0.304. The second kappa shape index (κ2) is 8.85. The Labute approximate surface area is 194 Å². The number of thioether (sulfide) groups is 1. The first-order valence-electron chi connectivity index (χ1n) is 9.97. The van der Waals surface area contributed by atoms with Crippen molar-refractivity contribution in [2.45, 2.75) is 26.2 Å². The lowest BCUT2D eigenvalue weighted by molar-refractivity contribution is -0.129. The van der Waals surface area contributed by atoms with Gasteiger partial charge in [-0.15, -0.1) is 0 Å². The first-order chi connectivity index (χ1) is 14.9. The number of rotatable bonds is 4. The van der Waals surface area contributed by atoms with Crippen LogP contribution in [0.25, 0.3) is 0 Å². The number of benzene rings is 2. The molecule has 0 aromatic heterocycles. The number of nitriles is 1. The molecule has 8 heteroatoms. The monoisotopic (exact) mass is 499 g/mol. The Kier molecular flexibility index (Phi) is 6.17. The number of fused-ring (bicyclic) bond motifs is 1. The van der Waals surface area contributed by atoms with Crippen LogP contribution in [0, 0.1) is 18.3 Å². The number of aryl methyl sites for hydroxylation is 1. The Morgan fingerprint density at radius 2 is 2.06 bits per heavy atom. The van der Waals surface area contributed by atoms with Gasteiger partial charge in [0.15, 0.2) is 11.5 Å². The van der Waals surface area contributed by atoms with Crippen LogP contribution in [0.1, 0.15) is 30.4 Å². The normalized spacial score (nSPS) is 18.6. The Hall–Kier alpha value is -2.63. The third kappa shape index (κ3) is 4.12. The topological polar surface area (TPSA) is 76.8 Å². The van der Waals surface area contributed by atoms with Gasteiger partial charge in [-0.3, -0.25) is 9.69 Å². The average molecular weight is 500 g/mol. The van der Waals surface area contributed by atoms with Gasteiger partial charge in [0.05, 0.1) is 40.3 Å². The maximum atomic E-state index is 13.1. The molecular weight excluding hydrogens is 478 g/mol. The molecule has 2 aliphatic rings. The van der Waals surface area contributed by atoms with E-state index in [0.29, 0.717) is 40.0 Å². The van der Waals surface area contributed by atoms with E-state index in [1.54, 1.807) is 17.0 Å². The Morgan fingerprint density at radius 1 is 1.32 bits per heavy atom. The van der Waals surface area contributed by atoms with Crippen LogP contribution >= 0.6 is 27.7 Å². The standard InChI is InChI=1S/C23H22BrN3O3S/c1-3-30-20-9-15(8-19(24)22(20)29)17-10-21(28)27-12-26(13-31-23(27)18(17)11-25)16-6-4-14(2)5-7-16/h4-9,17,29H,3,10,12-13H2,1-2H3/t17-/m0/s1. The molecule has 160 valence electrons. The molecule has 0 unspecified atom stereocenters. The van der Waals surface area contributed by atoms with E-state index < -0.39 is 0 Å². The van der Waals surface area contributed by atoms with E-state index in [1.807, 2.05) is 13.8 Å². The number of aromatic hydroxyl groups is 1. The van der Waals surface area contributed by atoms with Gasteiger partial charge in [-0.1, -0.05) is 29.5 Å². The molecule has 0 saturated carbocycles. The molecular formula is C23H22BrN3O3S. The summed E-state index contributed by atoms with van der Waals surface area (Å²) in [5, 5.41) is 20.9. The fourth-order valence-corrected chi connectivity index (χ4v) is 5.45. The van der Waals surface area contributed by atoms with Crippen LogP contribution in [0.4, 0.5) is 5.69 Å². The van der Waals surface area contributed by atoms with Crippen molar-refractivity contribution in [1.29, 1.82) is 5.26 Å². The van der Waals surface area contributed by atoms with Crippen molar-refractivity contribution in [2.75, 3.05) is 24.1 Å². The lowest BCUT2D eigenvalue weighted by Crippen LogP contribution is -2.47. The zero-order valence-corrected chi connectivity index (χ0v) is 19.7. The summed E-state index contributed by atoms with van der Waals surface area (Å²) in [5.74, 6) is 0.611. The van der Waals surface area contributed by atoms with E-state index in [2.05, 4.69) is 51.2 Å². The van der Waals surface area contributed by atoms with E-state index in [9.17, 15) is 15.2 Å². The number of ether oxygens (including phenoxy) is 1. The number of amides is 1. The highest BCUT2D eigenvalue weighted by atomic mass is 79.9. The molecule has 0 radical (unpaired) electrons. The van der Waals surface area contributed by atoms with Gasteiger partial charge in [0.2, 0.25) is 5.91 Å². The molecule has 2 aromatic carbocycles. The zero-order valence-electron chi connectivity index (χ0n) is 17.3. The molecule has 1 fully saturated rings. The number of halogens is 1. The summed E-state index contributed by atoms with van der Waals surface area (Å²) >= 11 is 4.87. The second-order valence-electron chi connectivity index (χ2n) is 7.48. The largest absolute Gasteiger partial charge is 0.503 e. The van der Waals surface area contributed by atoms with Gasteiger partial charge in [0, 0.05) is 18.0 Å². The van der Waals surface area contributed by atoms with E-state index in [1.165, 1.54) is 17.3 Å². The summed E-state index contributed by atoms with van der Waals surface area (Å²) in [6.45, 7) is 4.70. The highest BCUT2D eigenvalue weighted by Crippen LogP contribution is 2.46. The summed E-state index contributed by atoms with van der Waals surface area (Å²) in [4.78, 5) is 17.0. The molecule has 2 heterocycles. The summed E-state index contributed by atoms with van der Waals surface area (Å²) in [7, 11) is 0. The predicted molar refractivity (Wildman–Crippen MR) is 125 cm³/mol. The number of anilines is 1. The third-order valence-electron chi connectivity index (χ3n) is 5.45. The van der Waals surface area contributed by atoms with Gasteiger partial charge >= 0.3 is 0 Å². The molecule has 1 saturated heterocycles. The van der Waals surface area contributed by atoms with Crippen molar-refractivity contribution in [1.82, 2.24) is 4.90 Å². The fourth-order valence-electron chi connectivity index (χ4n) is 3.83. The van der Waals surface area contributed by atoms with Gasteiger partial charge in [-0.25, -0.2) is 0 Å². The summed E-state index contributed by atoms with van der Waals surface area (Å²) in [6.07, 6.45) is 0.192. The average Bonchev–Trinajstić information content (AvgIpc) is 2.77. The van der Waals surface area contributed by atoms with Crippen molar-refractivity contribution >= 4 is 39.3 Å². The van der Waals surface area contributed by atoms with Crippen LogP contribution in [-0.4, -0.2) is 35.1 Å². The van der Waals surface area contributed by atoms with Gasteiger partial charge < -0.3 is 14.7 Å². The number of phenolic OH excluding ortho intramolecular Hbond substituents is 1. The number of hydrogen-bond acceptors (Lipinski definition) is 6.